The molecule has 144 valence electrons. The molecule has 0 saturated carbocycles. The molecule has 0 bridgehead atoms. The molecule has 0 spiro atoms. The summed E-state index contributed by atoms with van der Waals surface area (Å²) in [6.45, 7) is 0. The maximum Gasteiger partial charge on any atom is 0.335 e. The highest BCUT2D eigenvalue weighted by Crippen LogP contribution is 2.31. The molecular formula is C21H13ClN2O5. The van der Waals surface area contributed by atoms with Crippen molar-refractivity contribution in [2.24, 2.45) is 0 Å². The predicted octanol–water partition coefficient (Wildman–Crippen LogP) is 4.40. The number of amides is 3. The molecular weight excluding hydrogens is 396 g/mol. The lowest BCUT2D eigenvalue weighted by atomic mass is 10.1. The number of anilines is 1. The first kappa shape index (κ1) is 18.5. The number of furan rings is 1. The Morgan fingerprint density at radius 3 is 2.55 bits per heavy atom. The Labute approximate surface area is 169 Å². The molecule has 3 aromatic rings. The highest BCUT2D eigenvalue weighted by Gasteiger charge is 2.35. The summed E-state index contributed by atoms with van der Waals surface area (Å²) in [5, 5.41) is 12.0. The quantitative estimate of drug-likeness (QED) is 0.492. The van der Waals surface area contributed by atoms with E-state index in [0.29, 0.717) is 27.8 Å². The normalized spacial score (nSPS) is 15.1. The molecule has 4 rings (SSSR count). The summed E-state index contributed by atoms with van der Waals surface area (Å²) in [4.78, 5) is 37.0. The van der Waals surface area contributed by atoms with E-state index < -0.39 is 17.9 Å². The zero-order valence-electron chi connectivity index (χ0n) is 14.8. The van der Waals surface area contributed by atoms with Crippen molar-refractivity contribution in [1.29, 1.82) is 0 Å². The SMILES string of the molecule is O=C(O)c1ccc(Cl)c(-c2ccc(C=C3NC(=O)N(c4ccccc4)C3=O)o2)c1. The Bertz CT molecular complexity index is 1170. The molecule has 1 saturated heterocycles. The second-order valence-corrected chi connectivity index (χ2v) is 6.57. The van der Waals surface area contributed by atoms with Crippen LogP contribution in [0.25, 0.3) is 17.4 Å². The summed E-state index contributed by atoms with van der Waals surface area (Å²) in [5.74, 6) is -0.959. The molecule has 1 aliphatic rings. The van der Waals surface area contributed by atoms with E-state index in [1.165, 1.54) is 24.3 Å². The maximum absolute atomic E-state index is 12.6. The van der Waals surface area contributed by atoms with Crippen LogP contribution >= 0.6 is 11.6 Å². The number of para-hydroxylation sites is 1. The van der Waals surface area contributed by atoms with Crippen LogP contribution in [0.3, 0.4) is 0 Å². The van der Waals surface area contributed by atoms with E-state index in [1.807, 2.05) is 0 Å². The topological polar surface area (TPSA) is 99.9 Å². The molecule has 1 fully saturated rings. The molecule has 0 radical (unpaired) electrons. The van der Waals surface area contributed by atoms with Crippen molar-refractivity contribution in [3.63, 3.8) is 0 Å². The Morgan fingerprint density at radius 1 is 1.07 bits per heavy atom. The fraction of sp³-hybridized carbons (Fsp3) is 0. The lowest BCUT2D eigenvalue weighted by Crippen LogP contribution is -2.30. The minimum atomic E-state index is -1.09. The Hall–Kier alpha value is -3.84. The summed E-state index contributed by atoms with van der Waals surface area (Å²) < 4.78 is 5.70. The molecule has 7 nitrogen and oxygen atoms in total. The van der Waals surface area contributed by atoms with E-state index in [0.717, 1.165) is 4.90 Å². The summed E-state index contributed by atoms with van der Waals surface area (Å²) in [6.07, 6.45) is 1.40. The van der Waals surface area contributed by atoms with Crippen molar-refractivity contribution in [1.82, 2.24) is 5.32 Å². The second kappa shape index (κ2) is 7.29. The van der Waals surface area contributed by atoms with Gasteiger partial charge in [0, 0.05) is 11.6 Å². The number of nitrogens with one attached hydrogen (secondary N) is 1. The van der Waals surface area contributed by atoms with Crippen molar-refractivity contribution < 1.29 is 23.9 Å². The maximum atomic E-state index is 12.6. The van der Waals surface area contributed by atoms with E-state index in [9.17, 15) is 14.4 Å². The van der Waals surface area contributed by atoms with Crippen molar-refractivity contribution in [2.45, 2.75) is 0 Å². The molecule has 0 aliphatic carbocycles. The van der Waals surface area contributed by atoms with Gasteiger partial charge < -0.3 is 14.8 Å². The van der Waals surface area contributed by atoms with Crippen LogP contribution in [-0.2, 0) is 4.79 Å². The van der Waals surface area contributed by atoms with Crippen molar-refractivity contribution in [3.8, 4) is 11.3 Å². The summed E-state index contributed by atoms with van der Waals surface area (Å²) in [5.41, 5.74) is 0.988. The third kappa shape index (κ3) is 3.51. The van der Waals surface area contributed by atoms with Gasteiger partial charge in [0.15, 0.2) is 0 Å². The lowest BCUT2D eigenvalue weighted by molar-refractivity contribution is -0.113. The molecule has 2 heterocycles. The van der Waals surface area contributed by atoms with E-state index in [-0.39, 0.29) is 11.3 Å². The van der Waals surface area contributed by atoms with E-state index in [2.05, 4.69) is 5.32 Å². The van der Waals surface area contributed by atoms with Crippen LogP contribution in [0, 0.1) is 0 Å². The molecule has 8 heteroatoms. The number of benzene rings is 2. The third-order valence-electron chi connectivity index (χ3n) is 4.28. The van der Waals surface area contributed by atoms with E-state index in [4.69, 9.17) is 21.1 Å². The number of urea groups is 1. The van der Waals surface area contributed by atoms with Gasteiger partial charge >= 0.3 is 12.0 Å². The number of hydrogen-bond acceptors (Lipinski definition) is 4. The van der Waals surface area contributed by atoms with Crippen LogP contribution in [0.4, 0.5) is 10.5 Å². The number of aromatic carboxylic acids is 1. The first-order chi connectivity index (χ1) is 13.9. The molecule has 0 unspecified atom stereocenters. The molecule has 2 N–H and O–H groups in total. The number of halogens is 1. The smallest absolute Gasteiger partial charge is 0.335 e. The van der Waals surface area contributed by atoms with Gasteiger partial charge in [-0.2, -0.15) is 0 Å². The zero-order valence-corrected chi connectivity index (χ0v) is 15.5. The standard InChI is InChI=1S/C21H13ClN2O5/c22-16-8-6-12(20(26)27)10-15(16)18-9-7-14(29-18)11-17-19(25)24(21(28)23-17)13-4-2-1-3-5-13/h1-11H,(H,23,28)(H,26,27). The van der Waals surface area contributed by atoms with Gasteiger partial charge in [0.2, 0.25) is 0 Å². The van der Waals surface area contributed by atoms with Crippen LogP contribution in [0.1, 0.15) is 16.1 Å². The van der Waals surface area contributed by atoms with E-state index >= 15 is 0 Å². The van der Waals surface area contributed by atoms with Gasteiger partial charge in [-0.1, -0.05) is 29.8 Å². The molecule has 1 aliphatic heterocycles. The number of rotatable bonds is 4. The molecule has 29 heavy (non-hydrogen) atoms. The average Bonchev–Trinajstić information content (AvgIpc) is 3.27. The fourth-order valence-corrected chi connectivity index (χ4v) is 3.12. The summed E-state index contributed by atoms with van der Waals surface area (Å²) >= 11 is 6.16. The van der Waals surface area contributed by atoms with Crippen molar-refractivity contribution in [3.05, 3.63) is 82.7 Å². The molecule has 0 atom stereocenters. The fourth-order valence-electron chi connectivity index (χ4n) is 2.91. The molecule has 2 aromatic carbocycles. The van der Waals surface area contributed by atoms with Crippen LogP contribution in [0.2, 0.25) is 5.02 Å². The number of hydrogen-bond donors (Lipinski definition) is 2. The van der Waals surface area contributed by atoms with Crippen LogP contribution in [0.15, 0.2) is 70.8 Å². The average molecular weight is 409 g/mol. The van der Waals surface area contributed by atoms with Gasteiger partial charge in [0.05, 0.1) is 16.3 Å². The highest BCUT2D eigenvalue weighted by atomic mass is 35.5. The van der Waals surface area contributed by atoms with Crippen LogP contribution in [0.5, 0.6) is 0 Å². The second-order valence-electron chi connectivity index (χ2n) is 6.17. The highest BCUT2D eigenvalue weighted by molar-refractivity contribution is 6.33. The first-order valence-electron chi connectivity index (χ1n) is 8.49. The lowest BCUT2D eigenvalue weighted by Gasteiger charge is -2.10. The largest absolute Gasteiger partial charge is 0.478 e. The Kier molecular flexibility index (Phi) is 4.66. The molecule has 3 amide bonds. The third-order valence-corrected chi connectivity index (χ3v) is 4.61. The van der Waals surface area contributed by atoms with Gasteiger partial charge in [-0.3, -0.25) is 4.79 Å². The minimum absolute atomic E-state index is 0.0603. The predicted molar refractivity (Wildman–Crippen MR) is 107 cm³/mol. The van der Waals surface area contributed by atoms with Crippen molar-refractivity contribution in [2.75, 3.05) is 4.90 Å². The van der Waals surface area contributed by atoms with E-state index in [1.54, 1.807) is 42.5 Å². The number of imide groups is 1. The van der Waals surface area contributed by atoms with Gasteiger partial charge in [-0.25, -0.2) is 14.5 Å². The number of carbonyl (C=O) groups excluding carboxylic acids is 2. The van der Waals surface area contributed by atoms with Gasteiger partial charge in [-0.05, 0) is 42.5 Å². The zero-order chi connectivity index (χ0) is 20.5. The Morgan fingerprint density at radius 2 is 1.83 bits per heavy atom. The summed E-state index contributed by atoms with van der Waals surface area (Å²) in [6, 6.07) is 15.5. The van der Waals surface area contributed by atoms with Crippen LogP contribution in [-0.4, -0.2) is 23.0 Å². The first-order valence-corrected chi connectivity index (χ1v) is 8.87. The van der Waals surface area contributed by atoms with Crippen molar-refractivity contribution >= 4 is 41.3 Å². The number of carboxylic acids is 1. The molecule has 1 aromatic heterocycles. The minimum Gasteiger partial charge on any atom is -0.478 e. The number of carbonyl (C=O) groups is 3. The van der Waals surface area contributed by atoms with Gasteiger partial charge in [0.25, 0.3) is 5.91 Å². The van der Waals surface area contributed by atoms with Crippen LogP contribution < -0.4 is 10.2 Å². The summed E-state index contributed by atoms with van der Waals surface area (Å²) in [7, 11) is 0. The monoisotopic (exact) mass is 408 g/mol. The van der Waals surface area contributed by atoms with Gasteiger partial charge in [0.1, 0.15) is 17.2 Å². The van der Waals surface area contributed by atoms with Gasteiger partial charge in [-0.15, -0.1) is 0 Å². The number of nitrogens with zero attached hydrogens (tertiary/aromatic N) is 1. The Balaban J connectivity index is 1.64. The number of carboxylic acid groups (broad SMARTS) is 1.